The zero-order valence-corrected chi connectivity index (χ0v) is 25.7. The Balaban J connectivity index is 1.27. The van der Waals surface area contributed by atoms with E-state index in [0.717, 1.165) is 43.7 Å². The Bertz CT molecular complexity index is 1160. The molecule has 3 aromatic rings. The molecule has 1 heterocycles. The SMILES string of the molecule is CC(C)(C)CCOCc1ccccc1COC1CN(CO)CCC1c1ccc(OCCCOCc2ccccc2)cc1. The second kappa shape index (κ2) is 16.8. The summed E-state index contributed by atoms with van der Waals surface area (Å²) in [7, 11) is 0. The second-order valence-corrected chi connectivity index (χ2v) is 12.4. The second-order valence-electron chi connectivity index (χ2n) is 12.4. The zero-order valence-electron chi connectivity index (χ0n) is 25.7. The molecule has 0 aromatic heterocycles. The first-order chi connectivity index (χ1) is 20.4. The van der Waals surface area contributed by atoms with E-state index < -0.39 is 0 Å². The van der Waals surface area contributed by atoms with Gasteiger partial charge >= 0.3 is 0 Å². The van der Waals surface area contributed by atoms with Crippen molar-refractivity contribution < 1.29 is 24.1 Å². The predicted molar refractivity (Wildman–Crippen MR) is 167 cm³/mol. The van der Waals surface area contributed by atoms with Crippen LogP contribution in [-0.4, -0.2) is 55.8 Å². The van der Waals surface area contributed by atoms with E-state index in [2.05, 4.69) is 86.3 Å². The fourth-order valence-electron chi connectivity index (χ4n) is 5.18. The minimum Gasteiger partial charge on any atom is -0.494 e. The summed E-state index contributed by atoms with van der Waals surface area (Å²) in [5.41, 5.74) is 5.02. The molecular weight excluding hydrogens is 526 g/mol. The van der Waals surface area contributed by atoms with Crippen LogP contribution in [0.2, 0.25) is 0 Å². The van der Waals surface area contributed by atoms with Crippen LogP contribution >= 0.6 is 0 Å². The van der Waals surface area contributed by atoms with Gasteiger partial charge in [-0.25, -0.2) is 0 Å². The van der Waals surface area contributed by atoms with E-state index in [0.29, 0.717) is 39.6 Å². The Hall–Kier alpha value is -2.74. The third-order valence-electron chi connectivity index (χ3n) is 7.79. The van der Waals surface area contributed by atoms with Crippen LogP contribution in [0, 0.1) is 5.41 Å². The number of ether oxygens (including phenoxy) is 4. The fourth-order valence-corrected chi connectivity index (χ4v) is 5.18. The van der Waals surface area contributed by atoms with Gasteiger partial charge in [0.15, 0.2) is 0 Å². The van der Waals surface area contributed by atoms with Gasteiger partial charge in [0.1, 0.15) is 5.75 Å². The van der Waals surface area contributed by atoms with Crippen molar-refractivity contribution in [2.45, 2.75) is 71.9 Å². The zero-order chi connectivity index (χ0) is 29.6. The highest BCUT2D eigenvalue weighted by molar-refractivity contribution is 5.31. The van der Waals surface area contributed by atoms with Crippen molar-refractivity contribution in [1.82, 2.24) is 4.90 Å². The van der Waals surface area contributed by atoms with Gasteiger partial charge in [0, 0.05) is 32.0 Å². The molecule has 1 aliphatic rings. The molecule has 228 valence electrons. The highest BCUT2D eigenvalue weighted by Crippen LogP contribution is 2.32. The lowest BCUT2D eigenvalue weighted by Crippen LogP contribution is -2.44. The van der Waals surface area contributed by atoms with Crippen molar-refractivity contribution in [3.05, 3.63) is 101 Å². The first kappa shape index (κ1) is 32.2. The highest BCUT2D eigenvalue weighted by atomic mass is 16.5. The Labute approximate surface area is 252 Å². The Kier molecular flexibility index (Phi) is 12.9. The van der Waals surface area contributed by atoms with E-state index in [1.165, 1.54) is 16.7 Å². The van der Waals surface area contributed by atoms with Gasteiger partial charge in [0.2, 0.25) is 0 Å². The first-order valence-corrected chi connectivity index (χ1v) is 15.3. The molecule has 4 rings (SSSR count). The molecule has 1 aliphatic heterocycles. The summed E-state index contributed by atoms with van der Waals surface area (Å²) in [5, 5.41) is 9.83. The lowest BCUT2D eigenvalue weighted by atomic mass is 9.87. The van der Waals surface area contributed by atoms with Crippen LogP contribution in [0.15, 0.2) is 78.9 Å². The number of hydrogen-bond acceptors (Lipinski definition) is 6. The average molecular weight is 576 g/mol. The molecule has 0 amide bonds. The van der Waals surface area contributed by atoms with Crippen LogP contribution in [0.25, 0.3) is 0 Å². The van der Waals surface area contributed by atoms with E-state index >= 15 is 0 Å². The van der Waals surface area contributed by atoms with E-state index in [1.807, 2.05) is 18.2 Å². The van der Waals surface area contributed by atoms with Gasteiger partial charge in [-0.15, -0.1) is 0 Å². The van der Waals surface area contributed by atoms with Crippen molar-refractivity contribution in [2.24, 2.45) is 5.41 Å². The highest BCUT2D eigenvalue weighted by Gasteiger charge is 2.31. The van der Waals surface area contributed by atoms with Crippen LogP contribution < -0.4 is 4.74 Å². The summed E-state index contributed by atoms with van der Waals surface area (Å²) < 4.78 is 24.3. The number of piperidine rings is 1. The molecule has 0 aliphatic carbocycles. The molecule has 0 saturated carbocycles. The van der Waals surface area contributed by atoms with Crippen molar-refractivity contribution in [3.8, 4) is 5.75 Å². The van der Waals surface area contributed by atoms with Gasteiger partial charge in [-0.2, -0.15) is 0 Å². The summed E-state index contributed by atoms with van der Waals surface area (Å²) in [5.74, 6) is 1.12. The van der Waals surface area contributed by atoms with E-state index in [-0.39, 0.29) is 24.2 Å². The van der Waals surface area contributed by atoms with E-state index in [1.54, 1.807) is 0 Å². The summed E-state index contributed by atoms with van der Waals surface area (Å²) in [6, 6.07) is 27.0. The molecule has 42 heavy (non-hydrogen) atoms. The van der Waals surface area contributed by atoms with Crippen molar-refractivity contribution in [1.29, 1.82) is 0 Å². The number of aliphatic hydroxyl groups is 1. The standard InChI is InChI=1S/C36H49NO5/c1-36(2,3)19-23-40-26-31-12-7-8-13-32(31)27-42-35-24-37(28-38)20-18-34(35)30-14-16-33(17-15-30)41-22-9-21-39-25-29-10-5-4-6-11-29/h4-8,10-17,34-35,38H,9,18-28H2,1-3H3. The molecule has 6 heteroatoms. The molecule has 2 unspecified atom stereocenters. The lowest BCUT2D eigenvalue weighted by molar-refractivity contribution is -0.0447. The summed E-state index contributed by atoms with van der Waals surface area (Å²) in [6.45, 7) is 12.1. The van der Waals surface area contributed by atoms with Crippen LogP contribution in [0.1, 0.15) is 68.2 Å². The summed E-state index contributed by atoms with van der Waals surface area (Å²) in [4.78, 5) is 2.06. The van der Waals surface area contributed by atoms with E-state index in [9.17, 15) is 5.11 Å². The third kappa shape index (κ3) is 10.8. The number of nitrogens with zero attached hydrogens (tertiary/aromatic N) is 1. The lowest BCUT2D eigenvalue weighted by Gasteiger charge is -2.38. The molecule has 0 spiro atoms. The number of hydrogen-bond donors (Lipinski definition) is 1. The maximum absolute atomic E-state index is 9.83. The molecule has 1 fully saturated rings. The topological polar surface area (TPSA) is 60.4 Å². The fraction of sp³-hybridized carbons (Fsp3) is 0.500. The van der Waals surface area contributed by atoms with Crippen molar-refractivity contribution >= 4 is 0 Å². The monoisotopic (exact) mass is 575 g/mol. The van der Waals surface area contributed by atoms with Crippen LogP contribution in [0.3, 0.4) is 0 Å². The molecular formula is C36H49NO5. The van der Waals surface area contributed by atoms with Crippen LogP contribution in [0.4, 0.5) is 0 Å². The number of benzene rings is 3. The van der Waals surface area contributed by atoms with Crippen molar-refractivity contribution in [2.75, 3.05) is 39.6 Å². The van der Waals surface area contributed by atoms with Crippen LogP contribution in [-0.2, 0) is 34.0 Å². The van der Waals surface area contributed by atoms with Crippen molar-refractivity contribution in [3.63, 3.8) is 0 Å². The van der Waals surface area contributed by atoms with Gasteiger partial charge in [-0.05, 0) is 52.6 Å². The molecule has 3 aromatic carbocycles. The Morgan fingerprint density at radius 1 is 0.786 bits per heavy atom. The maximum atomic E-state index is 9.83. The molecule has 2 atom stereocenters. The first-order valence-electron chi connectivity index (χ1n) is 15.3. The average Bonchev–Trinajstić information content (AvgIpc) is 3.00. The summed E-state index contributed by atoms with van der Waals surface area (Å²) in [6.07, 6.45) is 2.78. The molecule has 0 bridgehead atoms. The minimum absolute atomic E-state index is 0.0192. The van der Waals surface area contributed by atoms with Gasteiger partial charge in [-0.3, -0.25) is 4.90 Å². The largest absolute Gasteiger partial charge is 0.494 e. The molecule has 0 radical (unpaired) electrons. The number of likely N-dealkylation sites (tertiary alicyclic amines) is 1. The quantitative estimate of drug-likeness (QED) is 0.187. The molecule has 1 saturated heterocycles. The Morgan fingerprint density at radius 2 is 1.48 bits per heavy atom. The smallest absolute Gasteiger partial charge is 0.119 e. The van der Waals surface area contributed by atoms with Gasteiger partial charge in [0.05, 0.1) is 45.9 Å². The maximum Gasteiger partial charge on any atom is 0.119 e. The normalized spacial score (nSPS) is 17.8. The molecule has 6 nitrogen and oxygen atoms in total. The molecule has 1 N–H and O–H groups in total. The van der Waals surface area contributed by atoms with Gasteiger partial charge in [0.25, 0.3) is 0 Å². The minimum atomic E-state index is -0.0192. The number of rotatable bonds is 16. The van der Waals surface area contributed by atoms with E-state index in [4.69, 9.17) is 18.9 Å². The third-order valence-corrected chi connectivity index (χ3v) is 7.79. The number of aliphatic hydroxyl groups excluding tert-OH is 1. The van der Waals surface area contributed by atoms with Gasteiger partial charge in [-0.1, -0.05) is 87.5 Å². The summed E-state index contributed by atoms with van der Waals surface area (Å²) >= 11 is 0. The predicted octanol–water partition coefficient (Wildman–Crippen LogP) is 6.95. The Morgan fingerprint density at radius 3 is 2.19 bits per heavy atom. The van der Waals surface area contributed by atoms with Crippen LogP contribution in [0.5, 0.6) is 5.75 Å². The van der Waals surface area contributed by atoms with Gasteiger partial charge < -0.3 is 24.1 Å².